The molecule has 0 saturated carbocycles. The zero-order valence-electron chi connectivity index (χ0n) is 9.80. The van der Waals surface area contributed by atoms with Gasteiger partial charge in [-0.2, -0.15) is 0 Å². The Morgan fingerprint density at radius 3 is 2.56 bits per heavy atom. The molecule has 3 rings (SSSR count). The van der Waals surface area contributed by atoms with Crippen LogP contribution in [0, 0.1) is 0 Å². The van der Waals surface area contributed by atoms with Crippen molar-refractivity contribution in [3.63, 3.8) is 0 Å². The van der Waals surface area contributed by atoms with E-state index in [1.165, 1.54) is 0 Å². The molecule has 18 heavy (non-hydrogen) atoms. The van der Waals surface area contributed by atoms with E-state index < -0.39 is 0 Å². The number of benzene rings is 2. The van der Waals surface area contributed by atoms with Gasteiger partial charge in [0.1, 0.15) is 6.61 Å². The minimum absolute atomic E-state index is 0.00111. The third kappa shape index (κ3) is 1.95. The van der Waals surface area contributed by atoms with E-state index in [-0.39, 0.29) is 12.0 Å². The quantitative estimate of drug-likeness (QED) is 0.777. The Hall–Kier alpha value is -2.29. The van der Waals surface area contributed by atoms with Gasteiger partial charge in [0.25, 0.3) is 0 Å². The van der Waals surface area contributed by atoms with Gasteiger partial charge in [-0.25, -0.2) is 4.79 Å². The Morgan fingerprint density at radius 1 is 1.00 bits per heavy atom. The van der Waals surface area contributed by atoms with Crippen molar-refractivity contribution in [1.29, 1.82) is 0 Å². The molecule has 0 bridgehead atoms. The molecule has 2 aromatic rings. The van der Waals surface area contributed by atoms with Crippen LogP contribution in [0.1, 0.15) is 22.0 Å². The summed E-state index contributed by atoms with van der Waals surface area (Å²) in [6, 6.07) is 17.4. The van der Waals surface area contributed by atoms with Crippen molar-refractivity contribution in [3.8, 4) is 0 Å². The first-order valence-electron chi connectivity index (χ1n) is 5.92. The summed E-state index contributed by atoms with van der Waals surface area (Å²) in [5, 5.41) is 3.36. The van der Waals surface area contributed by atoms with Crippen molar-refractivity contribution in [2.75, 3.05) is 11.9 Å². The van der Waals surface area contributed by atoms with Gasteiger partial charge in [0, 0.05) is 5.69 Å². The Morgan fingerprint density at radius 2 is 1.72 bits per heavy atom. The summed E-state index contributed by atoms with van der Waals surface area (Å²) in [5.74, 6) is -0.267. The van der Waals surface area contributed by atoms with Crippen molar-refractivity contribution in [3.05, 3.63) is 65.7 Å². The first kappa shape index (κ1) is 10.8. The van der Waals surface area contributed by atoms with Gasteiger partial charge in [-0.05, 0) is 17.7 Å². The molecule has 3 nitrogen and oxygen atoms in total. The lowest BCUT2D eigenvalue weighted by Crippen LogP contribution is -2.14. The van der Waals surface area contributed by atoms with Crippen LogP contribution in [0.3, 0.4) is 0 Å². The molecule has 2 aromatic carbocycles. The molecule has 1 N–H and O–H groups in total. The van der Waals surface area contributed by atoms with Crippen LogP contribution >= 0.6 is 0 Å². The van der Waals surface area contributed by atoms with E-state index in [9.17, 15) is 4.79 Å². The fourth-order valence-corrected chi connectivity index (χ4v) is 2.12. The number of anilines is 1. The topological polar surface area (TPSA) is 38.3 Å². The SMILES string of the molecule is O=C1OC[C@H](c2ccccc2)Nc2ccccc21. The van der Waals surface area contributed by atoms with Crippen molar-refractivity contribution in [2.45, 2.75) is 6.04 Å². The average Bonchev–Trinajstić information content (AvgIpc) is 2.60. The van der Waals surface area contributed by atoms with Gasteiger partial charge in [0.05, 0.1) is 11.6 Å². The van der Waals surface area contributed by atoms with E-state index in [0.29, 0.717) is 12.2 Å². The number of rotatable bonds is 1. The lowest BCUT2D eigenvalue weighted by atomic mass is 10.1. The third-order valence-corrected chi connectivity index (χ3v) is 3.06. The Balaban J connectivity index is 1.97. The van der Waals surface area contributed by atoms with Crippen LogP contribution in [0.15, 0.2) is 54.6 Å². The van der Waals surface area contributed by atoms with Crippen LogP contribution < -0.4 is 5.32 Å². The molecule has 3 heteroatoms. The molecule has 0 radical (unpaired) electrons. The van der Waals surface area contributed by atoms with Crippen LogP contribution in [0.25, 0.3) is 0 Å². The standard InChI is InChI=1S/C15H13NO2/c17-15-12-8-4-5-9-13(12)16-14(10-18-15)11-6-2-1-3-7-11/h1-9,14,16H,10H2/t14-/m1/s1. The van der Waals surface area contributed by atoms with Crippen molar-refractivity contribution < 1.29 is 9.53 Å². The molecule has 0 unspecified atom stereocenters. The van der Waals surface area contributed by atoms with Gasteiger partial charge in [-0.3, -0.25) is 0 Å². The summed E-state index contributed by atoms with van der Waals surface area (Å²) in [6.45, 7) is 0.345. The summed E-state index contributed by atoms with van der Waals surface area (Å²) >= 11 is 0. The average molecular weight is 239 g/mol. The monoisotopic (exact) mass is 239 g/mol. The zero-order chi connectivity index (χ0) is 12.4. The molecule has 0 aliphatic carbocycles. The van der Waals surface area contributed by atoms with Gasteiger partial charge in [0.15, 0.2) is 0 Å². The molecule has 0 saturated heterocycles. The maximum Gasteiger partial charge on any atom is 0.340 e. The van der Waals surface area contributed by atoms with Gasteiger partial charge in [-0.1, -0.05) is 42.5 Å². The van der Waals surface area contributed by atoms with Crippen LogP contribution in [0.2, 0.25) is 0 Å². The summed E-state index contributed by atoms with van der Waals surface area (Å²) in [4.78, 5) is 11.8. The maximum absolute atomic E-state index is 11.8. The molecule has 1 aliphatic rings. The highest BCUT2D eigenvalue weighted by molar-refractivity contribution is 5.96. The van der Waals surface area contributed by atoms with Crippen LogP contribution in [0.5, 0.6) is 0 Å². The summed E-state index contributed by atoms with van der Waals surface area (Å²) in [7, 11) is 0. The number of hydrogen-bond donors (Lipinski definition) is 1. The molecular weight excluding hydrogens is 226 g/mol. The maximum atomic E-state index is 11.8. The van der Waals surface area contributed by atoms with Gasteiger partial charge < -0.3 is 10.1 Å². The number of esters is 1. The molecule has 90 valence electrons. The number of fused-ring (bicyclic) bond motifs is 1. The molecule has 1 aliphatic heterocycles. The smallest absolute Gasteiger partial charge is 0.340 e. The Bertz CT molecular complexity index is 566. The number of para-hydroxylation sites is 1. The minimum atomic E-state index is -0.267. The molecular formula is C15H13NO2. The lowest BCUT2D eigenvalue weighted by molar-refractivity contribution is 0.0500. The normalized spacial score (nSPS) is 18.2. The van der Waals surface area contributed by atoms with Crippen LogP contribution in [-0.2, 0) is 4.74 Å². The fourth-order valence-electron chi connectivity index (χ4n) is 2.12. The highest BCUT2D eigenvalue weighted by Gasteiger charge is 2.22. The first-order chi connectivity index (χ1) is 8.84. The van der Waals surface area contributed by atoms with Gasteiger partial charge in [-0.15, -0.1) is 0 Å². The van der Waals surface area contributed by atoms with Crippen molar-refractivity contribution in [2.24, 2.45) is 0 Å². The van der Waals surface area contributed by atoms with Gasteiger partial charge >= 0.3 is 5.97 Å². The summed E-state index contributed by atoms with van der Waals surface area (Å²) < 4.78 is 5.29. The second-order valence-corrected chi connectivity index (χ2v) is 4.25. The van der Waals surface area contributed by atoms with E-state index in [2.05, 4.69) is 5.32 Å². The lowest BCUT2D eigenvalue weighted by Gasteiger charge is -2.16. The minimum Gasteiger partial charge on any atom is -0.459 e. The Labute approximate surface area is 105 Å². The molecule has 0 amide bonds. The number of ether oxygens (including phenoxy) is 1. The summed E-state index contributed by atoms with van der Waals surface area (Å²) in [5.41, 5.74) is 2.53. The number of cyclic esters (lactones) is 1. The predicted molar refractivity (Wildman–Crippen MR) is 69.5 cm³/mol. The van der Waals surface area contributed by atoms with Crippen LogP contribution in [0.4, 0.5) is 5.69 Å². The zero-order valence-corrected chi connectivity index (χ0v) is 9.80. The second kappa shape index (κ2) is 4.53. The second-order valence-electron chi connectivity index (χ2n) is 4.25. The molecule has 1 heterocycles. The van der Waals surface area contributed by atoms with E-state index in [0.717, 1.165) is 11.3 Å². The number of hydrogen-bond acceptors (Lipinski definition) is 3. The predicted octanol–water partition coefficient (Wildman–Crippen LogP) is 3.01. The number of nitrogens with one attached hydrogen (secondary N) is 1. The van der Waals surface area contributed by atoms with Crippen molar-refractivity contribution in [1.82, 2.24) is 0 Å². The van der Waals surface area contributed by atoms with Crippen LogP contribution in [-0.4, -0.2) is 12.6 Å². The van der Waals surface area contributed by atoms with Crippen molar-refractivity contribution >= 4 is 11.7 Å². The van der Waals surface area contributed by atoms with E-state index in [1.54, 1.807) is 6.07 Å². The molecule has 0 fully saturated rings. The van der Waals surface area contributed by atoms with Gasteiger partial charge in [0.2, 0.25) is 0 Å². The fraction of sp³-hybridized carbons (Fsp3) is 0.133. The molecule has 1 atom stereocenters. The highest BCUT2D eigenvalue weighted by atomic mass is 16.5. The molecule has 0 spiro atoms. The number of carbonyl (C=O) groups is 1. The summed E-state index contributed by atoms with van der Waals surface area (Å²) in [6.07, 6.45) is 0. The third-order valence-electron chi connectivity index (χ3n) is 3.06. The first-order valence-corrected chi connectivity index (χ1v) is 5.92. The highest BCUT2D eigenvalue weighted by Crippen LogP contribution is 2.26. The number of carbonyl (C=O) groups excluding carboxylic acids is 1. The Kier molecular flexibility index (Phi) is 2.73. The van der Waals surface area contributed by atoms with E-state index in [1.807, 2.05) is 48.5 Å². The van der Waals surface area contributed by atoms with E-state index >= 15 is 0 Å². The largest absolute Gasteiger partial charge is 0.459 e. The van der Waals surface area contributed by atoms with E-state index in [4.69, 9.17) is 4.74 Å². The molecule has 0 aromatic heterocycles.